The van der Waals surface area contributed by atoms with Crippen LogP contribution in [0.4, 0.5) is 0 Å². The molecule has 0 saturated carbocycles. The second-order valence-electron chi connectivity index (χ2n) is 5.31. The van der Waals surface area contributed by atoms with E-state index >= 15 is 0 Å². The smallest absolute Gasteiger partial charge is 0.244 e. The first-order valence-electron chi connectivity index (χ1n) is 6.51. The van der Waals surface area contributed by atoms with E-state index in [9.17, 15) is 13.5 Å². The Bertz CT molecular complexity index is 610. The predicted octanol–water partition coefficient (Wildman–Crippen LogP) is -0.145. The maximum Gasteiger partial charge on any atom is 0.244 e. The highest BCUT2D eigenvalue weighted by molar-refractivity contribution is 7.89. The summed E-state index contributed by atoms with van der Waals surface area (Å²) in [4.78, 5) is 0.176. The lowest BCUT2D eigenvalue weighted by Gasteiger charge is -2.26. The number of nitrogens with zero attached hydrogens (tertiary/aromatic N) is 2. The van der Waals surface area contributed by atoms with Crippen molar-refractivity contribution in [1.82, 2.24) is 14.5 Å². The molecule has 1 aliphatic rings. The largest absolute Gasteiger partial charge is 0.386 e. The molecular weight excluding hydrogens is 282 g/mol. The van der Waals surface area contributed by atoms with Gasteiger partial charge in [-0.25, -0.2) is 13.1 Å². The Labute approximate surface area is 119 Å². The van der Waals surface area contributed by atoms with E-state index in [0.717, 1.165) is 0 Å². The molecule has 2 unspecified atom stereocenters. The molecule has 0 bridgehead atoms. The molecule has 20 heavy (non-hydrogen) atoms. The first-order valence-corrected chi connectivity index (χ1v) is 7.99. The van der Waals surface area contributed by atoms with Gasteiger partial charge in [-0.15, -0.1) is 0 Å². The fourth-order valence-corrected chi connectivity index (χ4v) is 3.97. The van der Waals surface area contributed by atoms with Gasteiger partial charge in [-0.2, -0.15) is 5.10 Å². The highest BCUT2D eigenvalue weighted by Crippen LogP contribution is 2.26. The molecule has 114 valence electrons. The van der Waals surface area contributed by atoms with E-state index in [4.69, 9.17) is 4.74 Å². The number of aromatic nitrogens is 2. The molecule has 0 amide bonds. The minimum atomic E-state index is -3.70. The zero-order valence-electron chi connectivity index (χ0n) is 12.2. The number of aliphatic hydroxyl groups is 1. The Kier molecular flexibility index (Phi) is 3.94. The van der Waals surface area contributed by atoms with Crippen molar-refractivity contribution in [2.75, 3.05) is 13.2 Å². The molecule has 1 saturated heterocycles. The lowest BCUT2D eigenvalue weighted by molar-refractivity contribution is -0.0228. The maximum atomic E-state index is 12.4. The summed E-state index contributed by atoms with van der Waals surface area (Å²) in [5.41, 5.74) is -0.144. The van der Waals surface area contributed by atoms with Gasteiger partial charge in [-0.3, -0.25) is 4.68 Å². The quantitative estimate of drug-likeness (QED) is 0.807. The van der Waals surface area contributed by atoms with Crippen molar-refractivity contribution in [3.05, 3.63) is 11.4 Å². The van der Waals surface area contributed by atoms with E-state index in [1.807, 2.05) is 0 Å². The number of hydrogen-bond acceptors (Lipinski definition) is 5. The third kappa shape index (κ3) is 2.60. The molecular formula is C12H21N3O4S. The summed E-state index contributed by atoms with van der Waals surface area (Å²) in [7, 11) is -2.00. The molecule has 2 rings (SSSR count). The van der Waals surface area contributed by atoms with E-state index in [1.165, 1.54) is 4.68 Å². The first-order chi connectivity index (χ1) is 9.17. The summed E-state index contributed by atoms with van der Waals surface area (Å²) in [6.45, 7) is 5.46. The van der Waals surface area contributed by atoms with Crippen molar-refractivity contribution in [3.8, 4) is 0 Å². The van der Waals surface area contributed by atoms with Crippen molar-refractivity contribution in [3.63, 3.8) is 0 Å². The topological polar surface area (TPSA) is 93.5 Å². The Morgan fingerprint density at radius 1 is 1.55 bits per heavy atom. The van der Waals surface area contributed by atoms with Crippen LogP contribution in [0.25, 0.3) is 0 Å². The van der Waals surface area contributed by atoms with E-state index < -0.39 is 15.6 Å². The molecule has 2 atom stereocenters. The van der Waals surface area contributed by atoms with E-state index in [1.54, 1.807) is 27.8 Å². The van der Waals surface area contributed by atoms with Gasteiger partial charge in [-0.05, 0) is 20.8 Å². The summed E-state index contributed by atoms with van der Waals surface area (Å²) < 4.78 is 34.0. The number of sulfonamides is 1. The Hall–Kier alpha value is -0.960. The van der Waals surface area contributed by atoms with Crippen LogP contribution in [0.5, 0.6) is 0 Å². The Morgan fingerprint density at radius 3 is 2.65 bits per heavy atom. The summed E-state index contributed by atoms with van der Waals surface area (Å²) in [6.07, 6.45) is 0.0307. The first kappa shape index (κ1) is 15.4. The fraction of sp³-hybridized carbons (Fsp3) is 0.750. The zero-order chi connectivity index (χ0) is 15.1. The van der Waals surface area contributed by atoms with Gasteiger partial charge < -0.3 is 9.84 Å². The van der Waals surface area contributed by atoms with Crippen molar-refractivity contribution in [1.29, 1.82) is 0 Å². The van der Waals surface area contributed by atoms with Crippen LogP contribution in [0.2, 0.25) is 0 Å². The number of ether oxygens (including phenoxy) is 1. The average molecular weight is 303 g/mol. The van der Waals surface area contributed by atoms with E-state index in [2.05, 4.69) is 9.82 Å². The molecule has 1 aliphatic heterocycles. The van der Waals surface area contributed by atoms with Gasteiger partial charge in [0.05, 0.1) is 17.5 Å². The Balaban J connectivity index is 2.20. The molecule has 0 spiro atoms. The molecule has 1 aromatic rings. The molecule has 2 N–H and O–H groups in total. The van der Waals surface area contributed by atoms with Crippen LogP contribution in [-0.4, -0.2) is 48.2 Å². The van der Waals surface area contributed by atoms with Crippen LogP contribution in [-0.2, 0) is 21.8 Å². The van der Waals surface area contributed by atoms with E-state index in [-0.39, 0.29) is 17.5 Å². The normalized spacial score (nSPS) is 27.1. The van der Waals surface area contributed by atoms with Gasteiger partial charge in [0.2, 0.25) is 10.0 Å². The summed E-state index contributed by atoms with van der Waals surface area (Å²) in [6, 6.07) is 0. The van der Waals surface area contributed by atoms with Gasteiger partial charge in [0.25, 0.3) is 0 Å². The van der Waals surface area contributed by atoms with Gasteiger partial charge >= 0.3 is 0 Å². The van der Waals surface area contributed by atoms with Gasteiger partial charge in [0.15, 0.2) is 0 Å². The number of rotatable bonds is 4. The van der Waals surface area contributed by atoms with Gasteiger partial charge in [-0.1, -0.05) is 0 Å². The molecule has 0 radical (unpaired) electrons. The SMILES string of the molecule is Cc1nn(C)c(C)c1S(=O)(=O)NCC1(O)CCOC1C. The lowest BCUT2D eigenvalue weighted by Crippen LogP contribution is -2.47. The summed E-state index contributed by atoms with van der Waals surface area (Å²) in [5.74, 6) is 0. The molecule has 0 aromatic carbocycles. The maximum absolute atomic E-state index is 12.4. The average Bonchev–Trinajstić information content (AvgIpc) is 2.80. The molecule has 7 nitrogen and oxygen atoms in total. The van der Waals surface area contributed by atoms with Crippen LogP contribution in [0.3, 0.4) is 0 Å². The zero-order valence-corrected chi connectivity index (χ0v) is 13.0. The van der Waals surface area contributed by atoms with Gasteiger partial charge in [0, 0.05) is 26.6 Å². The van der Waals surface area contributed by atoms with Crippen molar-refractivity contribution in [2.45, 2.75) is 43.8 Å². The molecule has 1 aromatic heterocycles. The number of hydrogen-bond donors (Lipinski definition) is 2. The monoisotopic (exact) mass is 303 g/mol. The summed E-state index contributed by atoms with van der Waals surface area (Å²) >= 11 is 0. The second-order valence-corrected chi connectivity index (χ2v) is 7.02. The third-order valence-electron chi connectivity index (χ3n) is 3.94. The minimum Gasteiger partial charge on any atom is -0.386 e. The van der Waals surface area contributed by atoms with Crippen molar-refractivity contribution < 1.29 is 18.3 Å². The summed E-state index contributed by atoms with van der Waals surface area (Å²) in [5, 5.41) is 14.4. The molecule has 8 heteroatoms. The third-order valence-corrected chi connectivity index (χ3v) is 5.59. The second kappa shape index (κ2) is 5.10. The van der Waals surface area contributed by atoms with Crippen LogP contribution < -0.4 is 4.72 Å². The Morgan fingerprint density at radius 2 is 2.20 bits per heavy atom. The highest BCUT2D eigenvalue weighted by Gasteiger charge is 2.40. The minimum absolute atomic E-state index is 0.0652. The highest BCUT2D eigenvalue weighted by atomic mass is 32.2. The van der Waals surface area contributed by atoms with Crippen molar-refractivity contribution >= 4 is 10.0 Å². The molecule has 2 heterocycles. The van der Waals surface area contributed by atoms with E-state index in [0.29, 0.717) is 24.4 Å². The molecule has 1 fully saturated rings. The van der Waals surface area contributed by atoms with Crippen molar-refractivity contribution in [2.24, 2.45) is 7.05 Å². The predicted molar refractivity (Wildman–Crippen MR) is 72.9 cm³/mol. The van der Waals surface area contributed by atoms with Gasteiger partial charge in [0.1, 0.15) is 10.5 Å². The molecule has 0 aliphatic carbocycles. The standard InChI is InChI=1S/C12H21N3O4S/c1-8-11(9(2)15(4)14-8)20(17,18)13-7-12(16)5-6-19-10(12)3/h10,13,16H,5-7H2,1-4H3. The van der Waals surface area contributed by atoms with Crippen LogP contribution in [0.15, 0.2) is 4.90 Å². The number of nitrogens with one attached hydrogen (secondary N) is 1. The van der Waals surface area contributed by atoms with Crippen LogP contribution >= 0.6 is 0 Å². The van der Waals surface area contributed by atoms with Crippen LogP contribution in [0.1, 0.15) is 24.7 Å². The van der Waals surface area contributed by atoms with Crippen LogP contribution in [0, 0.1) is 13.8 Å². The lowest BCUT2D eigenvalue weighted by atomic mass is 9.97. The number of aryl methyl sites for hydroxylation is 2. The fourth-order valence-electron chi connectivity index (χ4n) is 2.44.